The van der Waals surface area contributed by atoms with Gasteiger partial charge in [-0.3, -0.25) is 0 Å². The van der Waals surface area contributed by atoms with Crippen molar-refractivity contribution in [1.29, 1.82) is 0 Å². The molecule has 0 unspecified atom stereocenters. The molecule has 0 aliphatic heterocycles. The molecule has 0 amide bonds. The molecule has 0 bridgehead atoms. The summed E-state index contributed by atoms with van der Waals surface area (Å²) in [5.41, 5.74) is 6.75. The van der Waals surface area contributed by atoms with E-state index in [2.05, 4.69) is 59.3 Å². The van der Waals surface area contributed by atoms with E-state index in [1.54, 1.807) is 4.40 Å². The predicted octanol–water partition coefficient (Wildman–Crippen LogP) is 6.92. The number of aryl methyl sites for hydroxylation is 1. The van der Waals surface area contributed by atoms with Crippen molar-refractivity contribution in [3.63, 3.8) is 0 Å². The second-order valence-electron chi connectivity index (χ2n) is 8.85. The van der Waals surface area contributed by atoms with Crippen molar-refractivity contribution < 1.29 is 4.42 Å². The molecule has 6 heteroatoms. The highest BCUT2D eigenvalue weighted by Crippen LogP contribution is 2.37. The quantitative estimate of drug-likeness (QED) is 0.263. The summed E-state index contributed by atoms with van der Waals surface area (Å²) in [7, 11) is 0. The molecule has 3 aromatic heterocycles. The van der Waals surface area contributed by atoms with E-state index in [9.17, 15) is 4.79 Å². The first-order chi connectivity index (χ1) is 17.7. The predicted molar refractivity (Wildman–Crippen MR) is 143 cm³/mol. The highest BCUT2D eigenvalue weighted by Gasteiger charge is 2.17. The second kappa shape index (κ2) is 7.78. The normalized spacial score (nSPS) is 11.6. The lowest BCUT2D eigenvalue weighted by atomic mass is 10.1. The maximum Gasteiger partial charge on any atom is 0.357 e. The zero-order valence-electron chi connectivity index (χ0n) is 19.4. The number of hydrogen-bond donors (Lipinski definition) is 0. The fourth-order valence-electron chi connectivity index (χ4n) is 4.74. The SMILES string of the molecule is Cc1ccc(N(c2ccccc2)c2ccc3cc4c(nc(=O)n5c6ccccc6nc45)oc3c2)cc1. The Balaban J connectivity index is 1.46. The number of hydrogen-bond acceptors (Lipinski definition) is 5. The molecular weight excluding hydrogens is 448 g/mol. The number of aromatic nitrogens is 3. The zero-order valence-corrected chi connectivity index (χ0v) is 19.4. The first kappa shape index (κ1) is 20.4. The number of para-hydroxylation sites is 3. The van der Waals surface area contributed by atoms with Crippen LogP contribution in [0.2, 0.25) is 0 Å². The Hall–Kier alpha value is -4.97. The van der Waals surface area contributed by atoms with Crippen molar-refractivity contribution in [1.82, 2.24) is 14.4 Å². The van der Waals surface area contributed by atoms with Gasteiger partial charge in [0.2, 0.25) is 5.71 Å². The maximum absolute atomic E-state index is 12.9. The highest BCUT2D eigenvalue weighted by molar-refractivity contribution is 5.99. The Morgan fingerprint density at radius 1 is 0.750 bits per heavy atom. The monoisotopic (exact) mass is 468 g/mol. The second-order valence-corrected chi connectivity index (χ2v) is 8.85. The minimum Gasteiger partial charge on any atom is -0.437 e. The molecule has 3 heterocycles. The van der Waals surface area contributed by atoms with Crippen LogP contribution >= 0.6 is 0 Å². The lowest BCUT2D eigenvalue weighted by Crippen LogP contribution is -2.16. The van der Waals surface area contributed by atoms with Gasteiger partial charge < -0.3 is 9.32 Å². The fraction of sp³-hybridized carbons (Fsp3) is 0.0333. The third-order valence-corrected chi connectivity index (χ3v) is 6.49. The van der Waals surface area contributed by atoms with E-state index in [-0.39, 0.29) is 5.71 Å². The van der Waals surface area contributed by atoms with Crippen molar-refractivity contribution in [2.24, 2.45) is 0 Å². The van der Waals surface area contributed by atoms with Crippen LogP contribution in [0.15, 0.2) is 112 Å². The van der Waals surface area contributed by atoms with Gasteiger partial charge in [0.15, 0.2) is 5.65 Å². The standard InChI is InChI=1S/C30H20N4O2/c1-19-11-14-22(15-12-19)33(21-7-3-2-4-8-21)23-16-13-20-17-24-28-31-25-9-5-6-10-26(25)34(28)30(35)32-29(24)36-27(20)18-23/h2-18H,1H3. The zero-order chi connectivity index (χ0) is 24.2. The minimum absolute atomic E-state index is 0.272. The van der Waals surface area contributed by atoms with Crippen molar-refractivity contribution in [3.05, 3.63) is 119 Å². The lowest BCUT2D eigenvalue weighted by Gasteiger charge is -2.25. The van der Waals surface area contributed by atoms with Gasteiger partial charge in [0, 0.05) is 28.5 Å². The maximum atomic E-state index is 12.9. The Bertz CT molecular complexity index is 1970. The van der Waals surface area contributed by atoms with Crippen molar-refractivity contribution in [3.8, 4) is 0 Å². The molecule has 0 aliphatic carbocycles. The van der Waals surface area contributed by atoms with E-state index < -0.39 is 5.69 Å². The van der Waals surface area contributed by atoms with Gasteiger partial charge in [0.25, 0.3) is 0 Å². The molecule has 0 atom stereocenters. The van der Waals surface area contributed by atoms with Crippen LogP contribution in [0.5, 0.6) is 0 Å². The number of fused-ring (bicyclic) bond motifs is 6. The van der Waals surface area contributed by atoms with Crippen LogP contribution in [-0.4, -0.2) is 14.4 Å². The summed E-state index contributed by atoms with van der Waals surface area (Å²) in [6, 6.07) is 34.3. The third-order valence-electron chi connectivity index (χ3n) is 6.49. The average molecular weight is 469 g/mol. The molecule has 0 radical (unpaired) electrons. The third kappa shape index (κ3) is 3.15. The lowest BCUT2D eigenvalue weighted by molar-refractivity contribution is 0.641. The molecule has 6 nitrogen and oxygen atoms in total. The molecular formula is C30H20N4O2. The molecule has 4 aromatic carbocycles. The van der Waals surface area contributed by atoms with Gasteiger partial charge >= 0.3 is 5.69 Å². The minimum atomic E-state index is -0.406. The van der Waals surface area contributed by atoms with E-state index in [0.29, 0.717) is 16.6 Å². The summed E-state index contributed by atoms with van der Waals surface area (Å²) in [6.07, 6.45) is 0. The number of imidazole rings is 1. The molecule has 0 saturated carbocycles. The molecule has 0 fully saturated rings. The molecule has 36 heavy (non-hydrogen) atoms. The van der Waals surface area contributed by atoms with E-state index in [1.165, 1.54) is 5.56 Å². The smallest absolute Gasteiger partial charge is 0.357 e. The molecule has 7 rings (SSSR count). The Morgan fingerprint density at radius 2 is 1.47 bits per heavy atom. The van der Waals surface area contributed by atoms with Crippen LogP contribution in [0.3, 0.4) is 0 Å². The van der Waals surface area contributed by atoms with Gasteiger partial charge in [-0.25, -0.2) is 14.2 Å². The first-order valence-electron chi connectivity index (χ1n) is 11.7. The summed E-state index contributed by atoms with van der Waals surface area (Å²) in [6.45, 7) is 2.08. The van der Waals surface area contributed by atoms with Crippen LogP contribution in [-0.2, 0) is 0 Å². The number of rotatable bonds is 3. The summed E-state index contributed by atoms with van der Waals surface area (Å²) >= 11 is 0. The van der Waals surface area contributed by atoms with Gasteiger partial charge in [-0.05, 0) is 61.5 Å². The van der Waals surface area contributed by atoms with Crippen LogP contribution in [0.4, 0.5) is 17.1 Å². The number of nitrogens with zero attached hydrogens (tertiary/aromatic N) is 4. The Morgan fingerprint density at radius 3 is 2.31 bits per heavy atom. The molecule has 0 aliphatic rings. The molecule has 0 N–H and O–H groups in total. The molecule has 0 spiro atoms. The van der Waals surface area contributed by atoms with Crippen molar-refractivity contribution >= 4 is 55.8 Å². The largest absolute Gasteiger partial charge is 0.437 e. The van der Waals surface area contributed by atoms with Gasteiger partial charge in [0.1, 0.15) is 5.58 Å². The number of benzene rings is 4. The summed E-state index contributed by atoms with van der Waals surface area (Å²) in [4.78, 5) is 24.1. The van der Waals surface area contributed by atoms with Crippen LogP contribution in [0.1, 0.15) is 5.56 Å². The van der Waals surface area contributed by atoms with Gasteiger partial charge in [-0.15, -0.1) is 0 Å². The van der Waals surface area contributed by atoms with Gasteiger partial charge in [-0.2, -0.15) is 4.98 Å². The van der Waals surface area contributed by atoms with Crippen LogP contribution in [0, 0.1) is 6.92 Å². The molecule has 172 valence electrons. The van der Waals surface area contributed by atoms with Crippen LogP contribution < -0.4 is 10.6 Å². The number of anilines is 3. The summed E-state index contributed by atoms with van der Waals surface area (Å²) < 4.78 is 7.77. The van der Waals surface area contributed by atoms with E-state index >= 15 is 0 Å². The Kier molecular flexibility index (Phi) is 4.41. The molecule has 7 aromatic rings. The van der Waals surface area contributed by atoms with Gasteiger partial charge in [-0.1, -0.05) is 48.0 Å². The fourth-order valence-corrected chi connectivity index (χ4v) is 4.74. The average Bonchev–Trinajstić information content (AvgIpc) is 3.30. The van der Waals surface area contributed by atoms with E-state index in [1.807, 2.05) is 60.7 Å². The van der Waals surface area contributed by atoms with Crippen molar-refractivity contribution in [2.75, 3.05) is 4.90 Å². The van der Waals surface area contributed by atoms with E-state index in [4.69, 9.17) is 9.40 Å². The van der Waals surface area contributed by atoms with E-state index in [0.717, 1.165) is 33.5 Å². The van der Waals surface area contributed by atoms with Crippen molar-refractivity contribution in [2.45, 2.75) is 6.92 Å². The summed E-state index contributed by atoms with van der Waals surface area (Å²) in [5, 5.41) is 1.60. The first-order valence-corrected chi connectivity index (χ1v) is 11.7. The highest BCUT2D eigenvalue weighted by atomic mass is 16.3. The van der Waals surface area contributed by atoms with Gasteiger partial charge in [0.05, 0.1) is 16.4 Å². The topological polar surface area (TPSA) is 63.6 Å². The molecule has 0 saturated heterocycles. The Labute approximate surface area is 205 Å². The van der Waals surface area contributed by atoms with Crippen LogP contribution in [0.25, 0.3) is 38.7 Å². The summed E-state index contributed by atoms with van der Waals surface area (Å²) in [5.74, 6) is 0.